The molecule has 0 unspecified atom stereocenters. The third kappa shape index (κ3) is 11.6. The van der Waals surface area contributed by atoms with Crippen LogP contribution < -0.4 is 15.2 Å². The van der Waals surface area contributed by atoms with Crippen LogP contribution in [0.4, 0.5) is 4.79 Å². The third-order valence-electron chi connectivity index (χ3n) is 4.69. The van der Waals surface area contributed by atoms with Crippen molar-refractivity contribution in [2.45, 2.75) is 80.9 Å². The normalized spacial score (nSPS) is 13.4. The van der Waals surface area contributed by atoms with E-state index in [0.29, 0.717) is 5.56 Å². The smallest absolute Gasteiger partial charge is 0.461 e. The van der Waals surface area contributed by atoms with Gasteiger partial charge >= 0.3 is 24.1 Å². The highest BCUT2D eigenvalue weighted by molar-refractivity contribution is 5.81. The van der Waals surface area contributed by atoms with Crippen molar-refractivity contribution < 1.29 is 42.9 Å². The highest BCUT2D eigenvalue weighted by Gasteiger charge is 2.29. The van der Waals surface area contributed by atoms with Gasteiger partial charge in [0.05, 0.1) is 17.4 Å². The number of hydrogen-bond donors (Lipinski definition) is 1. The average molecular weight is 524 g/mol. The molecule has 0 amide bonds. The van der Waals surface area contributed by atoms with Crippen LogP contribution >= 0.6 is 0 Å². The van der Waals surface area contributed by atoms with Gasteiger partial charge in [-0.15, -0.1) is 0 Å². The van der Waals surface area contributed by atoms with Crippen LogP contribution in [0.25, 0.3) is 0 Å². The highest BCUT2D eigenvalue weighted by atomic mass is 16.7. The fourth-order valence-electron chi connectivity index (χ4n) is 2.46. The van der Waals surface area contributed by atoms with Gasteiger partial charge in [-0.05, 0) is 78.5 Å². The Morgan fingerprint density at radius 2 is 1.35 bits per heavy atom. The van der Waals surface area contributed by atoms with E-state index in [1.807, 2.05) is 13.8 Å². The van der Waals surface area contributed by atoms with E-state index in [0.717, 1.165) is 0 Å². The predicted octanol–water partition coefficient (Wildman–Crippen LogP) is 4.20. The minimum Gasteiger partial charge on any atom is -0.461 e. The molecule has 1 aromatic rings. The number of carbonyl (C=O) groups excluding carboxylic acids is 4. The Kier molecular flexibility index (Phi) is 11.6. The lowest BCUT2D eigenvalue weighted by Gasteiger charge is -2.21. The third-order valence-corrected chi connectivity index (χ3v) is 4.69. The van der Waals surface area contributed by atoms with Crippen molar-refractivity contribution in [1.29, 1.82) is 0 Å². The van der Waals surface area contributed by atoms with E-state index >= 15 is 0 Å². The zero-order valence-electron chi connectivity index (χ0n) is 23.3. The molecule has 0 aliphatic rings. The summed E-state index contributed by atoms with van der Waals surface area (Å²) in [6.45, 7) is 15.6. The summed E-state index contributed by atoms with van der Waals surface area (Å²) in [6.07, 6.45) is -1.51. The second-order valence-corrected chi connectivity index (χ2v) is 11.4. The summed E-state index contributed by atoms with van der Waals surface area (Å²) in [6, 6.07) is 3.55. The van der Waals surface area contributed by atoms with E-state index in [4.69, 9.17) is 29.4 Å². The minimum atomic E-state index is -1.05. The molecule has 0 spiro atoms. The van der Waals surface area contributed by atoms with Gasteiger partial charge in [-0.25, -0.2) is 4.79 Å². The van der Waals surface area contributed by atoms with Gasteiger partial charge < -0.3 is 29.4 Å². The molecule has 1 aromatic carbocycles. The Morgan fingerprint density at radius 1 is 0.811 bits per heavy atom. The van der Waals surface area contributed by atoms with Crippen LogP contribution in [0.3, 0.4) is 0 Å². The summed E-state index contributed by atoms with van der Waals surface area (Å²) in [5.41, 5.74) is 4.99. The number of nitrogens with two attached hydrogens (primary N) is 1. The van der Waals surface area contributed by atoms with Crippen LogP contribution in [0.2, 0.25) is 0 Å². The standard InChI is InChI=1S/C27H41NO9/c1-16(2)14-34-25(32)35-17(3)15-33-22(29)19(28)12-18-10-11-20(36-23(30)26(4,5)6)21(13-18)37-24(31)27(7,8)9/h10-11,13,16-17,19H,12,14-15,28H2,1-9H3/t17-,19-/m0/s1. The Labute approximate surface area is 219 Å². The molecule has 0 aliphatic heterocycles. The number of carbonyl (C=O) groups is 4. The Morgan fingerprint density at radius 3 is 1.86 bits per heavy atom. The van der Waals surface area contributed by atoms with E-state index < -0.39 is 47.0 Å². The van der Waals surface area contributed by atoms with Gasteiger partial charge in [0.25, 0.3) is 0 Å². The minimum absolute atomic E-state index is 0.0394. The first kappa shape index (κ1) is 31.9. The molecule has 0 bridgehead atoms. The quantitative estimate of drug-likeness (QED) is 0.350. The lowest BCUT2D eigenvalue weighted by molar-refractivity contribution is -0.148. The first-order valence-corrected chi connectivity index (χ1v) is 12.2. The van der Waals surface area contributed by atoms with Crippen LogP contribution in [0.5, 0.6) is 11.5 Å². The molecule has 2 atom stereocenters. The maximum Gasteiger partial charge on any atom is 0.508 e. The monoisotopic (exact) mass is 523 g/mol. The van der Waals surface area contributed by atoms with Crippen LogP contribution in [-0.2, 0) is 35.0 Å². The van der Waals surface area contributed by atoms with Crippen LogP contribution in [-0.4, -0.2) is 49.4 Å². The molecule has 208 valence electrons. The summed E-state index contributed by atoms with van der Waals surface area (Å²) in [5, 5.41) is 0. The van der Waals surface area contributed by atoms with Crippen molar-refractivity contribution in [2.75, 3.05) is 13.2 Å². The molecule has 10 nitrogen and oxygen atoms in total. The molecule has 37 heavy (non-hydrogen) atoms. The van der Waals surface area contributed by atoms with E-state index in [2.05, 4.69) is 0 Å². The molecular weight excluding hydrogens is 482 g/mol. The van der Waals surface area contributed by atoms with E-state index in [-0.39, 0.29) is 37.1 Å². The molecule has 0 heterocycles. The SMILES string of the molecule is CC(C)COC(=O)O[C@@H](C)COC(=O)[C@@H](N)Cc1ccc(OC(=O)C(C)(C)C)c(OC(=O)C(C)(C)C)c1. The van der Waals surface area contributed by atoms with Crippen LogP contribution in [0.15, 0.2) is 18.2 Å². The molecule has 1 rings (SSSR count). The molecule has 0 aromatic heterocycles. The largest absolute Gasteiger partial charge is 0.508 e. The number of benzene rings is 1. The molecule has 0 saturated heterocycles. The number of hydrogen-bond acceptors (Lipinski definition) is 10. The summed E-state index contributed by atoms with van der Waals surface area (Å²) in [7, 11) is 0. The average Bonchev–Trinajstić information content (AvgIpc) is 2.76. The molecule has 10 heteroatoms. The first-order chi connectivity index (χ1) is 16.9. The van der Waals surface area contributed by atoms with Crippen molar-refractivity contribution in [1.82, 2.24) is 0 Å². The van der Waals surface area contributed by atoms with Crippen molar-refractivity contribution in [2.24, 2.45) is 22.5 Å². The van der Waals surface area contributed by atoms with Gasteiger partial charge in [0.2, 0.25) is 0 Å². The van der Waals surface area contributed by atoms with Crippen molar-refractivity contribution >= 4 is 24.1 Å². The molecule has 2 N–H and O–H groups in total. The number of rotatable bonds is 10. The van der Waals surface area contributed by atoms with Gasteiger partial charge in [-0.1, -0.05) is 19.9 Å². The van der Waals surface area contributed by atoms with Crippen LogP contribution in [0, 0.1) is 16.7 Å². The maximum absolute atomic E-state index is 12.5. The molecule has 0 fully saturated rings. The van der Waals surface area contributed by atoms with Crippen molar-refractivity contribution in [3.63, 3.8) is 0 Å². The molecule has 0 aliphatic carbocycles. The van der Waals surface area contributed by atoms with Gasteiger partial charge in [0.15, 0.2) is 11.5 Å². The fourth-order valence-corrected chi connectivity index (χ4v) is 2.46. The zero-order valence-corrected chi connectivity index (χ0v) is 23.3. The summed E-state index contributed by atoms with van der Waals surface area (Å²) in [5.74, 6) is -1.45. The van der Waals surface area contributed by atoms with Gasteiger partial charge in [-0.3, -0.25) is 14.4 Å². The number of ether oxygens (including phenoxy) is 5. The summed E-state index contributed by atoms with van der Waals surface area (Å²) in [4.78, 5) is 48.9. The fraction of sp³-hybridized carbons (Fsp3) is 0.630. The van der Waals surface area contributed by atoms with Gasteiger partial charge in [0, 0.05) is 0 Å². The van der Waals surface area contributed by atoms with Crippen LogP contribution in [0.1, 0.15) is 67.9 Å². The van der Waals surface area contributed by atoms with Gasteiger partial charge in [-0.2, -0.15) is 0 Å². The highest BCUT2D eigenvalue weighted by Crippen LogP contribution is 2.33. The molecule has 0 radical (unpaired) electrons. The topological polar surface area (TPSA) is 140 Å². The van der Waals surface area contributed by atoms with E-state index in [9.17, 15) is 19.2 Å². The van der Waals surface area contributed by atoms with E-state index in [1.165, 1.54) is 12.1 Å². The van der Waals surface area contributed by atoms with Crippen molar-refractivity contribution in [3.05, 3.63) is 23.8 Å². The summed E-state index contributed by atoms with van der Waals surface area (Å²) < 4.78 is 26.1. The Bertz CT molecular complexity index is 958. The van der Waals surface area contributed by atoms with E-state index in [1.54, 1.807) is 54.5 Å². The lowest BCUT2D eigenvalue weighted by Crippen LogP contribution is -2.36. The lowest BCUT2D eigenvalue weighted by atomic mass is 9.97. The predicted molar refractivity (Wildman–Crippen MR) is 136 cm³/mol. The molecule has 0 saturated carbocycles. The Hall–Kier alpha value is -3.14. The van der Waals surface area contributed by atoms with Gasteiger partial charge in [0.1, 0.15) is 18.8 Å². The Balaban J connectivity index is 2.87. The second kappa shape index (κ2) is 13.4. The second-order valence-electron chi connectivity index (χ2n) is 11.4. The first-order valence-electron chi connectivity index (χ1n) is 12.2. The van der Waals surface area contributed by atoms with Crippen molar-refractivity contribution in [3.8, 4) is 11.5 Å². The summed E-state index contributed by atoms with van der Waals surface area (Å²) >= 11 is 0. The molecular formula is C27H41NO9. The maximum atomic E-state index is 12.5. The number of esters is 3. The zero-order chi connectivity index (χ0) is 28.6.